The van der Waals surface area contributed by atoms with Crippen molar-refractivity contribution in [1.29, 1.82) is 0 Å². The molecule has 0 spiro atoms. The van der Waals surface area contributed by atoms with Crippen molar-refractivity contribution in [2.24, 2.45) is 5.92 Å². The summed E-state index contributed by atoms with van der Waals surface area (Å²) in [7, 11) is -1.23. The minimum atomic E-state index is -2.85. The van der Waals surface area contributed by atoms with Crippen LogP contribution in [0.15, 0.2) is 12.1 Å². The lowest BCUT2D eigenvalue weighted by atomic mass is 9.93. The summed E-state index contributed by atoms with van der Waals surface area (Å²) in [6, 6.07) is 3.95. The molecule has 6 heteroatoms. The minimum Gasteiger partial charge on any atom is -0.495 e. The molecule has 0 aromatic heterocycles. The highest BCUT2D eigenvalue weighted by atomic mass is 32.2. The molecule has 0 unspecified atom stereocenters. The summed E-state index contributed by atoms with van der Waals surface area (Å²) in [5.74, 6) is 1.51. The normalized spacial score (nSPS) is 16.8. The molecule has 22 heavy (non-hydrogen) atoms. The maximum absolute atomic E-state index is 11.3. The van der Waals surface area contributed by atoms with Crippen LogP contribution in [0.4, 0.5) is 11.4 Å². The lowest BCUT2D eigenvalue weighted by molar-refractivity contribution is 0.393. The number of ether oxygens (including phenoxy) is 1. The number of benzene rings is 1. The topological polar surface area (TPSA) is 72.6 Å². The molecule has 0 saturated carbocycles. The van der Waals surface area contributed by atoms with E-state index >= 15 is 0 Å². The molecule has 0 amide bonds. The third-order valence-corrected chi connectivity index (χ3v) is 5.38. The van der Waals surface area contributed by atoms with Crippen LogP contribution in [0, 0.1) is 12.8 Å². The van der Waals surface area contributed by atoms with E-state index in [9.17, 15) is 8.42 Å². The van der Waals surface area contributed by atoms with E-state index in [0.29, 0.717) is 23.1 Å². The van der Waals surface area contributed by atoms with Crippen LogP contribution in [0.25, 0.3) is 0 Å². The number of rotatable bonds is 5. The number of nitrogen functional groups attached to an aromatic ring is 1. The van der Waals surface area contributed by atoms with Gasteiger partial charge in [0, 0.05) is 31.1 Å². The number of methoxy groups -OCH3 is 1. The molecule has 1 aliphatic heterocycles. The Morgan fingerprint density at radius 1 is 1.32 bits per heavy atom. The van der Waals surface area contributed by atoms with Crippen LogP contribution in [0.5, 0.6) is 5.75 Å². The summed E-state index contributed by atoms with van der Waals surface area (Å²) in [5.41, 5.74) is 8.90. The van der Waals surface area contributed by atoms with E-state index in [-0.39, 0.29) is 0 Å². The van der Waals surface area contributed by atoms with Crippen LogP contribution in [-0.4, -0.2) is 40.6 Å². The molecule has 1 saturated heterocycles. The van der Waals surface area contributed by atoms with Crippen molar-refractivity contribution >= 4 is 21.2 Å². The van der Waals surface area contributed by atoms with Crippen molar-refractivity contribution < 1.29 is 13.2 Å². The number of hydrogen-bond acceptors (Lipinski definition) is 5. The van der Waals surface area contributed by atoms with Gasteiger partial charge in [0.15, 0.2) is 0 Å². The molecule has 0 atom stereocenters. The van der Waals surface area contributed by atoms with Gasteiger partial charge in [0.1, 0.15) is 15.6 Å². The van der Waals surface area contributed by atoms with Gasteiger partial charge in [-0.05, 0) is 43.7 Å². The highest BCUT2D eigenvalue weighted by molar-refractivity contribution is 7.90. The van der Waals surface area contributed by atoms with E-state index in [1.165, 1.54) is 6.26 Å². The Bertz CT molecular complexity index is 621. The first-order chi connectivity index (χ1) is 10.3. The summed E-state index contributed by atoms with van der Waals surface area (Å²) in [6.07, 6.45) is 4.14. The van der Waals surface area contributed by atoms with Gasteiger partial charge in [-0.2, -0.15) is 0 Å². The van der Waals surface area contributed by atoms with Gasteiger partial charge in [0.05, 0.1) is 18.6 Å². The third-order valence-electron chi connectivity index (χ3n) is 4.40. The minimum absolute atomic E-state index is 0.298. The summed E-state index contributed by atoms with van der Waals surface area (Å²) in [4.78, 5) is 2.34. The summed E-state index contributed by atoms with van der Waals surface area (Å²) < 4.78 is 27.9. The number of aryl methyl sites for hydroxylation is 1. The van der Waals surface area contributed by atoms with E-state index in [1.807, 2.05) is 12.1 Å². The Labute approximate surface area is 133 Å². The Hall–Kier alpha value is -1.43. The summed E-state index contributed by atoms with van der Waals surface area (Å²) in [5, 5.41) is 0. The van der Waals surface area contributed by atoms with Crippen LogP contribution in [-0.2, 0) is 9.84 Å². The molecule has 5 nitrogen and oxygen atoms in total. The van der Waals surface area contributed by atoms with Crippen molar-refractivity contribution in [3.63, 3.8) is 0 Å². The number of sulfone groups is 1. The van der Waals surface area contributed by atoms with E-state index < -0.39 is 9.84 Å². The van der Waals surface area contributed by atoms with Crippen molar-refractivity contribution in [3.05, 3.63) is 17.7 Å². The number of nitrogens with zero attached hydrogens (tertiary/aromatic N) is 1. The lowest BCUT2D eigenvalue weighted by Gasteiger charge is -2.34. The van der Waals surface area contributed by atoms with Crippen LogP contribution >= 0.6 is 0 Å². The Morgan fingerprint density at radius 2 is 1.95 bits per heavy atom. The third kappa shape index (κ3) is 4.29. The number of hydrogen-bond donors (Lipinski definition) is 1. The van der Waals surface area contributed by atoms with Gasteiger partial charge in [0.25, 0.3) is 0 Å². The predicted molar refractivity (Wildman–Crippen MR) is 91.4 cm³/mol. The van der Waals surface area contributed by atoms with Crippen molar-refractivity contribution in [3.8, 4) is 5.75 Å². The first kappa shape index (κ1) is 16.9. The second-order valence-electron chi connectivity index (χ2n) is 6.23. The van der Waals surface area contributed by atoms with Crippen LogP contribution < -0.4 is 15.4 Å². The number of nitrogens with two attached hydrogens (primary N) is 1. The molecule has 2 N–H and O–H groups in total. The SMILES string of the molecule is COc1cc(N2CCC(CCS(C)(=O)=O)CC2)c(C)cc1N. The zero-order valence-corrected chi connectivity index (χ0v) is 14.4. The smallest absolute Gasteiger partial charge is 0.147 e. The summed E-state index contributed by atoms with van der Waals surface area (Å²) >= 11 is 0. The van der Waals surface area contributed by atoms with E-state index in [4.69, 9.17) is 10.5 Å². The van der Waals surface area contributed by atoms with Crippen LogP contribution in [0.3, 0.4) is 0 Å². The fraction of sp³-hybridized carbons (Fsp3) is 0.625. The molecule has 0 radical (unpaired) electrons. The summed E-state index contributed by atoms with van der Waals surface area (Å²) in [6.45, 7) is 3.95. The molecule has 0 bridgehead atoms. The Morgan fingerprint density at radius 3 is 2.50 bits per heavy atom. The van der Waals surface area contributed by atoms with E-state index in [1.54, 1.807) is 7.11 Å². The van der Waals surface area contributed by atoms with Crippen molar-refractivity contribution in [1.82, 2.24) is 0 Å². The Balaban J connectivity index is 2.00. The lowest BCUT2D eigenvalue weighted by Crippen LogP contribution is -2.34. The quantitative estimate of drug-likeness (QED) is 0.840. The maximum atomic E-state index is 11.3. The molecule has 1 heterocycles. The largest absolute Gasteiger partial charge is 0.495 e. The van der Waals surface area contributed by atoms with Crippen LogP contribution in [0.2, 0.25) is 0 Å². The van der Waals surface area contributed by atoms with Crippen molar-refractivity contribution in [2.75, 3.05) is 42.8 Å². The second kappa shape index (κ2) is 6.77. The highest BCUT2D eigenvalue weighted by Gasteiger charge is 2.22. The average molecular weight is 326 g/mol. The standard InChI is InChI=1S/C16H26N2O3S/c1-12-10-14(17)16(21-2)11-15(12)18-7-4-13(5-8-18)6-9-22(3,19)20/h10-11,13H,4-9,17H2,1-3H3. The van der Waals surface area contributed by atoms with Gasteiger partial charge < -0.3 is 15.4 Å². The number of piperidine rings is 1. The molecule has 2 rings (SSSR count). The predicted octanol–water partition coefficient (Wildman–Crippen LogP) is 2.24. The monoisotopic (exact) mass is 326 g/mol. The molecular formula is C16H26N2O3S. The zero-order valence-electron chi connectivity index (χ0n) is 13.6. The van der Waals surface area contributed by atoms with Gasteiger partial charge in [-0.3, -0.25) is 0 Å². The molecular weight excluding hydrogens is 300 g/mol. The fourth-order valence-electron chi connectivity index (χ4n) is 3.06. The molecule has 1 aromatic rings. The molecule has 0 aliphatic carbocycles. The van der Waals surface area contributed by atoms with Crippen molar-refractivity contribution in [2.45, 2.75) is 26.2 Å². The van der Waals surface area contributed by atoms with Gasteiger partial charge >= 0.3 is 0 Å². The van der Waals surface area contributed by atoms with Gasteiger partial charge in [-0.25, -0.2) is 8.42 Å². The highest BCUT2D eigenvalue weighted by Crippen LogP contribution is 2.33. The second-order valence-corrected chi connectivity index (χ2v) is 8.49. The molecule has 124 valence electrons. The maximum Gasteiger partial charge on any atom is 0.147 e. The molecule has 1 aromatic carbocycles. The van der Waals surface area contributed by atoms with Gasteiger partial charge in [0.2, 0.25) is 0 Å². The molecule has 1 aliphatic rings. The van der Waals surface area contributed by atoms with Gasteiger partial charge in [-0.1, -0.05) is 0 Å². The van der Waals surface area contributed by atoms with E-state index in [0.717, 1.165) is 43.6 Å². The fourth-order valence-corrected chi connectivity index (χ4v) is 3.82. The first-order valence-corrected chi connectivity index (χ1v) is 9.73. The first-order valence-electron chi connectivity index (χ1n) is 7.67. The van der Waals surface area contributed by atoms with Crippen LogP contribution in [0.1, 0.15) is 24.8 Å². The zero-order chi connectivity index (χ0) is 16.3. The van der Waals surface area contributed by atoms with Gasteiger partial charge in [-0.15, -0.1) is 0 Å². The average Bonchev–Trinajstić information content (AvgIpc) is 2.45. The Kier molecular flexibility index (Phi) is 5.21. The number of anilines is 2. The van der Waals surface area contributed by atoms with E-state index in [2.05, 4.69) is 11.8 Å². The molecule has 1 fully saturated rings.